The molecule has 0 bridgehead atoms. The summed E-state index contributed by atoms with van der Waals surface area (Å²) in [5.74, 6) is 2.07. The first kappa shape index (κ1) is 15.5. The number of rotatable bonds is 4. The number of anilines is 1. The fraction of sp³-hybridized carbons (Fsp3) is 0.562. The molecule has 0 spiro atoms. The molecule has 0 aromatic carbocycles. The molecule has 2 aromatic rings. The molecule has 0 unspecified atom stereocenters. The van der Waals surface area contributed by atoms with Crippen LogP contribution in [0.5, 0.6) is 0 Å². The van der Waals surface area contributed by atoms with E-state index in [0.29, 0.717) is 5.92 Å². The van der Waals surface area contributed by atoms with Crippen LogP contribution in [0.1, 0.15) is 61.2 Å². The Morgan fingerprint density at radius 2 is 1.76 bits per heavy atom. The molecule has 0 aliphatic rings. The molecule has 0 fully saturated rings. The molecule has 21 heavy (non-hydrogen) atoms. The van der Waals surface area contributed by atoms with Gasteiger partial charge in [-0.2, -0.15) is 5.10 Å². The highest BCUT2D eigenvalue weighted by atomic mass is 15.3. The summed E-state index contributed by atoms with van der Waals surface area (Å²) in [6.45, 7) is 12.5. The SMILES string of the molecule is Cc1nc(N[C@H](C)c2c(C)nn(C)c2C)cc(C(C)C)n1. The van der Waals surface area contributed by atoms with Crippen molar-refractivity contribution in [1.82, 2.24) is 19.7 Å². The van der Waals surface area contributed by atoms with Gasteiger partial charge in [-0.15, -0.1) is 0 Å². The lowest BCUT2D eigenvalue weighted by atomic mass is 10.1. The molecule has 0 amide bonds. The van der Waals surface area contributed by atoms with Crippen LogP contribution in [0.3, 0.4) is 0 Å². The van der Waals surface area contributed by atoms with Gasteiger partial charge >= 0.3 is 0 Å². The molecule has 0 saturated heterocycles. The van der Waals surface area contributed by atoms with E-state index >= 15 is 0 Å². The Morgan fingerprint density at radius 3 is 2.29 bits per heavy atom. The minimum atomic E-state index is 0.160. The third kappa shape index (κ3) is 3.23. The van der Waals surface area contributed by atoms with Crippen LogP contribution in [0.2, 0.25) is 0 Å². The van der Waals surface area contributed by atoms with E-state index in [0.717, 1.165) is 23.0 Å². The van der Waals surface area contributed by atoms with Gasteiger partial charge in [-0.05, 0) is 33.6 Å². The van der Waals surface area contributed by atoms with Crippen LogP contribution in [0.4, 0.5) is 5.82 Å². The molecule has 0 radical (unpaired) electrons. The third-order valence-corrected chi connectivity index (χ3v) is 3.81. The van der Waals surface area contributed by atoms with Gasteiger partial charge in [0, 0.05) is 30.1 Å². The summed E-state index contributed by atoms with van der Waals surface area (Å²) in [6, 6.07) is 2.20. The van der Waals surface area contributed by atoms with Crippen molar-refractivity contribution in [2.45, 2.75) is 53.5 Å². The monoisotopic (exact) mass is 287 g/mol. The van der Waals surface area contributed by atoms with Crippen LogP contribution in [0, 0.1) is 20.8 Å². The molecule has 0 saturated carbocycles. The van der Waals surface area contributed by atoms with Gasteiger partial charge in [0.05, 0.1) is 11.7 Å². The van der Waals surface area contributed by atoms with E-state index in [-0.39, 0.29) is 6.04 Å². The van der Waals surface area contributed by atoms with E-state index in [2.05, 4.69) is 48.1 Å². The minimum Gasteiger partial charge on any atom is -0.363 e. The van der Waals surface area contributed by atoms with Crippen molar-refractivity contribution >= 4 is 5.82 Å². The van der Waals surface area contributed by atoms with Crippen molar-refractivity contribution in [3.05, 3.63) is 34.5 Å². The zero-order valence-corrected chi connectivity index (χ0v) is 14.0. The smallest absolute Gasteiger partial charge is 0.130 e. The predicted octanol–water partition coefficient (Wildman–Crippen LogP) is 3.43. The van der Waals surface area contributed by atoms with Crippen LogP contribution in [-0.2, 0) is 7.05 Å². The average molecular weight is 287 g/mol. The highest BCUT2D eigenvalue weighted by Crippen LogP contribution is 2.25. The molecule has 2 aromatic heterocycles. The van der Waals surface area contributed by atoms with E-state index < -0.39 is 0 Å². The predicted molar refractivity (Wildman–Crippen MR) is 85.6 cm³/mol. The Hall–Kier alpha value is -1.91. The van der Waals surface area contributed by atoms with Gasteiger partial charge in [-0.25, -0.2) is 9.97 Å². The summed E-state index contributed by atoms with van der Waals surface area (Å²) in [6.07, 6.45) is 0. The zero-order chi connectivity index (χ0) is 15.7. The summed E-state index contributed by atoms with van der Waals surface area (Å²) in [5.41, 5.74) is 4.55. The standard InChI is InChI=1S/C16H25N5/c1-9(2)14-8-15(19-13(6)18-14)17-10(3)16-11(4)20-21(7)12(16)5/h8-10H,1-7H3,(H,17,18,19)/t10-/m1/s1. The van der Waals surface area contributed by atoms with E-state index in [1.807, 2.05) is 31.6 Å². The molecule has 114 valence electrons. The maximum atomic E-state index is 4.50. The second-order valence-electron chi connectivity index (χ2n) is 5.95. The number of aryl methyl sites for hydroxylation is 3. The quantitative estimate of drug-likeness (QED) is 0.936. The van der Waals surface area contributed by atoms with Crippen molar-refractivity contribution in [1.29, 1.82) is 0 Å². The second kappa shape index (κ2) is 5.84. The summed E-state index contributed by atoms with van der Waals surface area (Å²) in [4.78, 5) is 8.98. The highest BCUT2D eigenvalue weighted by molar-refractivity contribution is 5.42. The number of hydrogen-bond acceptors (Lipinski definition) is 4. The molecule has 1 N–H and O–H groups in total. The largest absolute Gasteiger partial charge is 0.363 e. The van der Waals surface area contributed by atoms with Gasteiger partial charge in [0.2, 0.25) is 0 Å². The highest BCUT2D eigenvalue weighted by Gasteiger charge is 2.17. The maximum Gasteiger partial charge on any atom is 0.130 e. The molecule has 0 aliphatic heterocycles. The van der Waals surface area contributed by atoms with Crippen molar-refractivity contribution in [2.75, 3.05) is 5.32 Å². The molecular formula is C16H25N5. The number of aromatic nitrogens is 4. The Labute approximate surface area is 126 Å². The summed E-state index contributed by atoms with van der Waals surface area (Å²) in [7, 11) is 1.98. The Balaban J connectivity index is 2.29. The lowest BCUT2D eigenvalue weighted by Gasteiger charge is -2.17. The molecule has 2 heterocycles. The molecule has 5 heteroatoms. The number of nitrogens with one attached hydrogen (secondary N) is 1. The molecule has 1 atom stereocenters. The lowest BCUT2D eigenvalue weighted by Crippen LogP contribution is -2.12. The van der Waals surface area contributed by atoms with E-state index in [9.17, 15) is 0 Å². The van der Waals surface area contributed by atoms with Crippen molar-refractivity contribution in [3.63, 3.8) is 0 Å². The normalized spacial score (nSPS) is 12.8. The van der Waals surface area contributed by atoms with Crippen LogP contribution in [0.15, 0.2) is 6.07 Å². The molecule has 2 rings (SSSR count). The van der Waals surface area contributed by atoms with Gasteiger partial charge in [0.15, 0.2) is 0 Å². The maximum absolute atomic E-state index is 4.50. The van der Waals surface area contributed by atoms with E-state index in [1.165, 1.54) is 11.3 Å². The molecule has 0 aliphatic carbocycles. The Bertz CT molecular complexity index is 642. The van der Waals surface area contributed by atoms with Gasteiger partial charge in [0.25, 0.3) is 0 Å². The van der Waals surface area contributed by atoms with Crippen LogP contribution >= 0.6 is 0 Å². The average Bonchev–Trinajstić information content (AvgIpc) is 2.62. The second-order valence-corrected chi connectivity index (χ2v) is 5.95. The van der Waals surface area contributed by atoms with Crippen molar-refractivity contribution < 1.29 is 0 Å². The molecule has 5 nitrogen and oxygen atoms in total. The Kier molecular flexibility index (Phi) is 4.30. The first-order valence-corrected chi connectivity index (χ1v) is 7.41. The number of nitrogens with zero attached hydrogens (tertiary/aromatic N) is 4. The van der Waals surface area contributed by atoms with E-state index in [4.69, 9.17) is 0 Å². The van der Waals surface area contributed by atoms with Crippen LogP contribution in [-0.4, -0.2) is 19.7 Å². The Morgan fingerprint density at radius 1 is 1.10 bits per heavy atom. The summed E-state index contributed by atoms with van der Waals surface area (Å²) in [5, 5.41) is 7.97. The fourth-order valence-electron chi connectivity index (χ4n) is 2.67. The van der Waals surface area contributed by atoms with Crippen LogP contribution in [0.25, 0.3) is 0 Å². The van der Waals surface area contributed by atoms with Crippen molar-refractivity contribution in [2.24, 2.45) is 7.05 Å². The fourth-order valence-corrected chi connectivity index (χ4v) is 2.67. The zero-order valence-electron chi connectivity index (χ0n) is 14.0. The summed E-state index contributed by atoms with van der Waals surface area (Å²) < 4.78 is 1.92. The molecular weight excluding hydrogens is 262 g/mol. The minimum absolute atomic E-state index is 0.160. The van der Waals surface area contributed by atoms with Crippen LogP contribution < -0.4 is 5.32 Å². The topological polar surface area (TPSA) is 55.6 Å². The third-order valence-electron chi connectivity index (χ3n) is 3.81. The first-order valence-electron chi connectivity index (χ1n) is 7.41. The van der Waals surface area contributed by atoms with Gasteiger partial charge in [-0.1, -0.05) is 13.8 Å². The van der Waals surface area contributed by atoms with Gasteiger partial charge < -0.3 is 5.32 Å². The lowest BCUT2D eigenvalue weighted by molar-refractivity contribution is 0.728. The first-order chi connectivity index (χ1) is 9.79. The van der Waals surface area contributed by atoms with Crippen molar-refractivity contribution in [3.8, 4) is 0 Å². The van der Waals surface area contributed by atoms with Gasteiger partial charge in [-0.3, -0.25) is 4.68 Å². The number of hydrogen-bond donors (Lipinski definition) is 1. The van der Waals surface area contributed by atoms with Gasteiger partial charge in [0.1, 0.15) is 11.6 Å². The summed E-state index contributed by atoms with van der Waals surface area (Å²) >= 11 is 0. The van der Waals surface area contributed by atoms with E-state index in [1.54, 1.807) is 0 Å².